The standard InChI is InChI=1S/C6H9F2N3/c1-2-11-4(6(7)8)3-5(9)10-11/h3,6H,2H2,1H3,(H2,9,10). The highest BCUT2D eigenvalue weighted by atomic mass is 19.3. The van der Waals surface area contributed by atoms with E-state index in [1.165, 1.54) is 10.7 Å². The van der Waals surface area contributed by atoms with Gasteiger partial charge in [-0.2, -0.15) is 5.10 Å². The van der Waals surface area contributed by atoms with E-state index >= 15 is 0 Å². The van der Waals surface area contributed by atoms with Gasteiger partial charge < -0.3 is 5.73 Å². The van der Waals surface area contributed by atoms with Gasteiger partial charge in [0.1, 0.15) is 11.5 Å². The molecule has 5 heteroatoms. The van der Waals surface area contributed by atoms with Crippen LogP contribution in [0.1, 0.15) is 19.0 Å². The number of rotatable bonds is 2. The Balaban J connectivity index is 3.02. The molecule has 0 aliphatic rings. The van der Waals surface area contributed by atoms with Crippen LogP contribution in [-0.4, -0.2) is 9.78 Å². The molecule has 1 rings (SSSR count). The van der Waals surface area contributed by atoms with Gasteiger partial charge in [0.05, 0.1) is 0 Å². The van der Waals surface area contributed by atoms with E-state index in [0.29, 0.717) is 6.54 Å². The van der Waals surface area contributed by atoms with Crippen molar-refractivity contribution in [3.63, 3.8) is 0 Å². The van der Waals surface area contributed by atoms with Crippen molar-refractivity contribution in [2.75, 3.05) is 5.73 Å². The van der Waals surface area contributed by atoms with Gasteiger partial charge in [0.2, 0.25) is 0 Å². The minimum atomic E-state index is -2.50. The average molecular weight is 161 g/mol. The van der Waals surface area contributed by atoms with Gasteiger partial charge in [0.15, 0.2) is 0 Å². The van der Waals surface area contributed by atoms with Gasteiger partial charge in [0, 0.05) is 12.6 Å². The summed E-state index contributed by atoms with van der Waals surface area (Å²) in [4.78, 5) is 0. The van der Waals surface area contributed by atoms with Crippen molar-refractivity contribution in [2.24, 2.45) is 0 Å². The third-order valence-corrected chi connectivity index (χ3v) is 1.35. The van der Waals surface area contributed by atoms with Crippen molar-refractivity contribution in [3.8, 4) is 0 Å². The van der Waals surface area contributed by atoms with Crippen LogP contribution in [0.2, 0.25) is 0 Å². The second-order valence-electron chi connectivity index (χ2n) is 2.11. The molecular formula is C6H9F2N3. The number of anilines is 1. The van der Waals surface area contributed by atoms with Crippen molar-refractivity contribution in [1.29, 1.82) is 0 Å². The molecule has 1 aromatic rings. The van der Waals surface area contributed by atoms with Crippen molar-refractivity contribution in [2.45, 2.75) is 19.9 Å². The zero-order valence-corrected chi connectivity index (χ0v) is 6.09. The largest absolute Gasteiger partial charge is 0.382 e. The van der Waals surface area contributed by atoms with Gasteiger partial charge in [0.25, 0.3) is 6.43 Å². The lowest BCUT2D eigenvalue weighted by Crippen LogP contribution is -2.02. The lowest BCUT2D eigenvalue weighted by molar-refractivity contribution is 0.139. The second kappa shape index (κ2) is 2.86. The maximum atomic E-state index is 12.1. The minimum absolute atomic E-state index is 0.120. The van der Waals surface area contributed by atoms with Crippen molar-refractivity contribution in [3.05, 3.63) is 11.8 Å². The highest BCUT2D eigenvalue weighted by Gasteiger charge is 2.13. The van der Waals surface area contributed by atoms with E-state index in [1.807, 2.05) is 0 Å². The third-order valence-electron chi connectivity index (χ3n) is 1.35. The number of nitrogen functional groups attached to an aromatic ring is 1. The average Bonchev–Trinajstić information content (AvgIpc) is 2.30. The van der Waals surface area contributed by atoms with Crippen LogP contribution >= 0.6 is 0 Å². The third kappa shape index (κ3) is 1.47. The molecule has 0 aromatic carbocycles. The van der Waals surface area contributed by atoms with Crippen molar-refractivity contribution in [1.82, 2.24) is 9.78 Å². The molecule has 0 fully saturated rings. The summed E-state index contributed by atoms with van der Waals surface area (Å²) >= 11 is 0. The minimum Gasteiger partial charge on any atom is -0.382 e. The lowest BCUT2D eigenvalue weighted by Gasteiger charge is -2.00. The van der Waals surface area contributed by atoms with Crippen LogP contribution in [0.15, 0.2) is 6.07 Å². The zero-order valence-electron chi connectivity index (χ0n) is 6.09. The van der Waals surface area contributed by atoms with E-state index in [1.54, 1.807) is 6.92 Å². The van der Waals surface area contributed by atoms with Crippen molar-refractivity contribution < 1.29 is 8.78 Å². The molecule has 0 radical (unpaired) electrons. The summed E-state index contributed by atoms with van der Waals surface area (Å²) in [6.07, 6.45) is -2.50. The summed E-state index contributed by atoms with van der Waals surface area (Å²) in [5, 5.41) is 3.66. The van der Waals surface area contributed by atoms with Crippen LogP contribution in [0.4, 0.5) is 14.6 Å². The van der Waals surface area contributed by atoms with Gasteiger partial charge in [-0.25, -0.2) is 8.78 Å². The van der Waals surface area contributed by atoms with Crippen LogP contribution in [0.3, 0.4) is 0 Å². The summed E-state index contributed by atoms with van der Waals surface area (Å²) < 4.78 is 25.4. The first kappa shape index (κ1) is 7.97. The van der Waals surface area contributed by atoms with E-state index in [-0.39, 0.29) is 11.5 Å². The normalized spacial score (nSPS) is 10.9. The Bertz CT molecular complexity index is 244. The molecule has 0 atom stereocenters. The summed E-state index contributed by atoms with van der Waals surface area (Å²) in [6, 6.07) is 1.19. The lowest BCUT2D eigenvalue weighted by atomic mass is 10.4. The maximum absolute atomic E-state index is 12.1. The molecule has 0 aliphatic carbocycles. The number of hydrogen-bond acceptors (Lipinski definition) is 2. The first-order valence-corrected chi connectivity index (χ1v) is 3.26. The Morgan fingerprint density at radius 2 is 2.36 bits per heavy atom. The molecule has 1 heterocycles. The van der Waals surface area contributed by atoms with E-state index in [0.717, 1.165) is 0 Å². The molecule has 0 spiro atoms. The maximum Gasteiger partial charge on any atom is 0.280 e. The molecule has 0 bridgehead atoms. The molecule has 2 N–H and O–H groups in total. The summed E-state index contributed by atoms with van der Waals surface area (Å²) in [7, 11) is 0. The summed E-state index contributed by atoms with van der Waals surface area (Å²) in [5.41, 5.74) is 5.11. The van der Waals surface area contributed by atoms with Crippen molar-refractivity contribution >= 4 is 5.82 Å². The Labute approximate surface area is 62.8 Å². The van der Waals surface area contributed by atoms with Gasteiger partial charge in [-0.15, -0.1) is 0 Å². The SMILES string of the molecule is CCn1nc(N)cc1C(F)F. The fourth-order valence-corrected chi connectivity index (χ4v) is 0.881. The number of alkyl halides is 2. The van der Waals surface area contributed by atoms with Gasteiger partial charge in [-0.1, -0.05) is 0 Å². The number of nitrogens with zero attached hydrogens (tertiary/aromatic N) is 2. The van der Waals surface area contributed by atoms with E-state index in [2.05, 4.69) is 5.10 Å². The summed E-state index contributed by atoms with van der Waals surface area (Å²) in [5.74, 6) is 0.141. The smallest absolute Gasteiger partial charge is 0.280 e. The van der Waals surface area contributed by atoms with E-state index in [4.69, 9.17) is 5.73 Å². The van der Waals surface area contributed by atoms with Crippen LogP contribution in [0.25, 0.3) is 0 Å². The fraction of sp³-hybridized carbons (Fsp3) is 0.500. The monoisotopic (exact) mass is 161 g/mol. The number of nitrogens with two attached hydrogens (primary N) is 1. The zero-order chi connectivity index (χ0) is 8.43. The predicted molar refractivity (Wildman–Crippen MR) is 37.3 cm³/mol. The fourth-order valence-electron chi connectivity index (χ4n) is 0.881. The molecule has 1 aromatic heterocycles. The predicted octanol–water partition coefficient (Wildman–Crippen LogP) is 1.42. The molecule has 0 saturated carbocycles. The van der Waals surface area contributed by atoms with Crippen LogP contribution < -0.4 is 5.73 Å². The number of halogens is 2. The Hall–Kier alpha value is -1.13. The van der Waals surface area contributed by atoms with Crippen LogP contribution in [-0.2, 0) is 6.54 Å². The first-order valence-electron chi connectivity index (χ1n) is 3.26. The molecule has 0 unspecified atom stereocenters. The highest BCUT2D eigenvalue weighted by Crippen LogP contribution is 2.20. The Kier molecular flexibility index (Phi) is 2.07. The first-order chi connectivity index (χ1) is 5.15. The van der Waals surface area contributed by atoms with Gasteiger partial charge >= 0.3 is 0 Å². The van der Waals surface area contributed by atoms with Gasteiger partial charge in [-0.3, -0.25) is 4.68 Å². The van der Waals surface area contributed by atoms with E-state index < -0.39 is 6.43 Å². The van der Waals surface area contributed by atoms with Crippen LogP contribution in [0.5, 0.6) is 0 Å². The number of hydrogen-bond donors (Lipinski definition) is 1. The summed E-state index contributed by atoms with van der Waals surface area (Å²) in [6.45, 7) is 2.15. The molecular weight excluding hydrogens is 152 g/mol. The van der Waals surface area contributed by atoms with Crippen LogP contribution in [0, 0.1) is 0 Å². The second-order valence-corrected chi connectivity index (χ2v) is 2.11. The van der Waals surface area contributed by atoms with Gasteiger partial charge in [-0.05, 0) is 6.92 Å². The Morgan fingerprint density at radius 1 is 1.73 bits per heavy atom. The molecule has 0 amide bonds. The quantitative estimate of drug-likeness (QED) is 0.712. The number of aromatic nitrogens is 2. The molecule has 0 aliphatic heterocycles. The topological polar surface area (TPSA) is 43.8 Å². The Morgan fingerprint density at radius 3 is 2.73 bits per heavy atom. The molecule has 62 valence electrons. The molecule has 11 heavy (non-hydrogen) atoms. The number of aryl methyl sites for hydroxylation is 1. The highest BCUT2D eigenvalue weighted by molar-refractivity contribution is 5.29. The van der Waals surface area contributed by atoms with E-state index in [9.17, 15) is 8.78 Å². The molecule has 0 saturated heterocycles. The molecule has 3 nitrogen and oxygen atoms in total.